The van der Waals surface area contributed by atoms with E-state index in [9.17, 15) is 4.79 Å². The van der Waals surface area contributed by atoms with Crippen LogP contribution in [0.3, 0.4) is 0 Å². The smallest absolute Gasteiger partial charge is 0.225 e. The molecule has 0 fully saturated rings. The molecule has 2 atom stereocenters. The molecule has 2 rings (SSSR count). The Hall–Kier alpha value is -1.75. The SMILES string of the molecule is CC(NC(=O)C(CN)C(C)C)c1ccc2c(c1)OCCO2. The minimum Gasteiger partial charge on any atom is -0.486 e. The summed E-state index contributed by atoms with van der Waals surface area (Å²) in [5, 5.41) is 3.02. The normalized spacial score (nSPS) is 16.4. The Morgan fingerprint density at radius 2 is 1.90 bits per heavy atom. The average molecular weight is 292 g/mol. The molecule has 1 aromatic rings. The van der Waals surface area contributed by atoms with Crippen LogP contribution in [0.4, 0.5) is 0 Å². The lowest BCUT2D eigenvalue weighted by molar-refractivity contribution is -0.126. The van der Waals surface area contributed by atoms with Gasteiger partial charge in [0.05, 0.1) is 12.0 Å². The summed E-state index contributed by atoms with van der Waals surface area (Å²) >= 11 is 0. The van der Waals surface area contributed by atoms with E-state index in [1.54, 1.807) is 0 Å². The van der Waals surface area contributed by atoms with Gasteiger partial charge in [-0.1, -0.05) is 19.9 Å². The summed E-state index contributed by atoms with van der Waals surface area (Å²) in [7, 11) is 0. The highest BCUT2D eigenvalue weighted by molar-refractivity contribution is 5.79. The summed E-state index contributed by atoms with van der Waals surface area (Å²) in [6, 6.07) is 5.66. The fourth-order valence-electron chi connectivity index (χ4n) is 2.41. The first-order chi connectivity index (χ1) is 10.0. The van der Waals surface area contributed by atoms with Gasteiger partial charge in [0.2, 0.25) is 5.91 Å². The summed E-state index contributed by atoms with van der Waals surface area (Å²) in [6.07, 6.45) is 0. The molecule has 0 aromatic heterocycles. The van der Waals surface area contributed by atoms with E-state index in [2.05, 4.69) is 5.32 Å². The molecule has 1 aliphatic heterocycles. The molecule has 1 aliphatic rings. The lowest BCUT2D eigenvalue weighted by Gasteiger charge is -2.23. The molecule has 5 nitrogen and oxygen atoms in total. The van der Waals surface area contributed by atoms with E-state index < -0.39 is 0 Å². The predicted molar refractivity (Wildman–Crippen MR) is 81.4 cm³/mol. The number of fused-ring (bicyclic) bond motifs is 1. The molecular formula is C16H24N2O3. The third-order valence-corrected chi connectivity index (χ3v) is 3.82. The Morgan fingerprint density at radius 3 is 2.52 bits per heavy atom. The number of hydrogen-bond acceptors (Lipinski definition) is 4. The number of carbonyl (C=O) groups excluding carboxylic acids is 1. The molecule has 1 aromatic carbocycles. The summed E-state index contributed by atoms with van der Waals surface area (Å²) in [5.41, 5.74) is 6.68. The largest absolute Gasteiger partial charge is 0.486 e. The van der Waals surface area contributed by atoms with Gasteiger partial charge < -0.3 is 20.5 Å². The number of ether oxygens (including phenoxy) is 2. The second-order valence-electron chi connectivity index (χ2n) is 5.72. The zero-order valence-corrected chi connectivity index (χ0v) is 12.9. The number of benzene rings is 1. The highest BCUT2D eigenvalue weighted by Gasteiger charge is 2.23. The highest BCUT2D eigenvalue weighted by atomic mass is 16.6. The van der Waals surface area contributed by atoms with Crippen molar-refractivity contribution < 1.29 is 14.3 Å². The molecule has 0 aliphatic carbocycles. The highest BCUT2D eigenvalue weighted by Crippen LogP contribution is 2.32. The monoisotopic (exact) mass is 292 g/mol. The summed E-state index contributed by atoms with van der Waals surface area (Å²) < 4.78 is 11.1. The maximum atomic E-state index is 12.2. The average Bonchev–Trinajstić information content (AvgIpc) is 2.47. The van der Waals surface area contributed by atoms with Crippen molar-refractivity contribution in [2.24, 2.45) is 17.6 Å². The van der Waals surface area contributed by atoms with Gasteiger partial charge in [-0.25, -0.2) is 0 Å². The number of nitrogens with one attached hydrogen (secondary N) is 1. The molecule has 116 valence electrons. The van der Waals surface area contributed by atoms with Crippen LogP contribution in [0.25, 0.3) is 0 Å². The first kappa shape index (κ1) is 15.6. The molecular weight excluding hydrogens is 268 g/mol. The van der Waals surface area contributed by atoms with E-state index in [0.29, 0.717) is 19.8 Å². The van der Waals surface area contributed by atoms with Crippen LogP contribution in [0, 0.1) is 11.8 Å². The zero-order valence-electron chi connectivity index (χ0n) is 12.9. The Labute approximate surface area is 125 Å². The van der Waals surface area contributed by atoms with Gasteiger partial charge in [0, 0.05) is 6.54 Å². The molecule has 0 saturated carbocycles. The Balaban J connectivity index is 2.06. The third-order valence-electron chi connectivity index (χ3n) is 3.82. The van der Waals surface area contributed by atoms with E-state index in [-0.39, 0.29) is 23.8 Å². The Bertz CT molecular complexity index is 502. The maximum Gasteiger partial charge on any atom is 0.225 e. The molecule has 2 unspecified atom stereocenters. The van der Waals surface area contributed by atoms with Crippen LogP contribution in [0.5, 0.6) is 11.5 Å². The topological polar surface area (TPSA) is 73.6 Å². The van der Waals surface area contributed by atoms with Crippen molar-refractivity contribution in [3.63, 3.8) is 0 Å². The summed E-state index contributed by atoms with van der Waals surface area (Å²) in [5.74, 6) is 1.55. The fourth-order valence-corrected chi connectivity index (χ4v) is 2.41. The molecule has 0 spiro atoms. The van der Waals surface area contributed by atoms with Gasteiger partial charge in [0.15, 0.2) is 11.5 Å². The van der Waals surface area contributed by atoms with Crippen LogP contribution in [0.1, 0.15) is 32.4 Å². The van der Waals surface area contributed by atoms with Crippen LogP contribution in [-0.4, -0.2) is 25.7 Å². The van der Waals surface area contributed by atoms with Gasteiger partial charge in [-0.3, -0.25) is 4.79 Å². The number of hydrogen-bond donors (Lipinski definition) is 2. The molecule has 1 amide bonds. The zero-order chi connectivity index (χ0) is 15.4. The Kier molecular flexibility index (Phi) is 5.07. The van der Waals surface area contributed by atoms with Gasteiger partial charge in [-0.2, -0.15) is 0 Å². The fraction of sp³-hybridized carbons (Fsp3) is 0.562. The van der Waals surface area contributed by atoms with Gasteiger partial charge in [0.1, 0.15) is 13.2 Å². The lowest BCUT2D eigenvalue weighted by atomic mass is 9.94. The van der Waals surface area contributed by atoms with Crippen LogP contribution in [0.2, 0.25) is 0 Å². The van der Waals surface area contributed by atoms with Gasteiger partial charge in [-0.05, 0) is 30.5 Å². The third kappa shape index (κ3) is 3.67. The van der Waals surface area contributed by atoms with Crippen molar-refractivity contribution in [3.8, 4) is 11.5 Å². The van der Waals surface area contributed by atoms with E-state index in [0.717, 1.165) is 17.1 Å². The summed E-state index contributed by atoms with van der Waals surface area (Å²) in [6.45, 7) is 7.46. The Morgan fingerprint density at radius 1 is 1.24 bits per heavy atom. The number of amides is 1. The van der Waals surface area contributed by atoms with E-state index >= 15 is 0 Å². The van der Waals surface area contributed by atoms with Crippen molar-refractivity contribution >= 4 is 5.91 Å². The van der Waals surface area contributed by atoms with E-state index in [4.69, 9.17) is 15.2 Å². The van der Waals surface area contributed by atoms with Crippen LogP contribution < -0.4 is 20.5 Å². The van der Waals surface area contributed by atoms with E-state index in [1.807, 2.05) is 39.0 Å². The minimum atomic E-state index is -0.162. The second-order valence-corrected chi connectivity index (χ2v) is 5.72. The van der Waals surface area contributed by atoms with Gasteiger partial charge >= 0.3 is 0 Å². The standard InChI is InChI=1S/C16H24N2O3/c1-10(2)13(9-17)16(19)18-11(3)12-4-5-14-15(8-12)21-7-6-20-14/h4-5,8,10-11,13H,6-7,9,17H2,1-3H3,(H,18,19). The minimum absolute atomic E-state index is 0.00473. The molecule has 0 bridgehead atoms. The first-order valence-electron chi connectivity index (χ1n) is 7.43. The number of rotatable bonds is 5. The number of carbonyl (C=O) groups is 1. The molecule has 0 saturated heterocycles. The lowest BCUT2D eigenvalue weighted by Crippen LogP contribution is -2.39. The molecule has 21 heavy (non-hydrogen) atoms. The molecule has 0 radical (unpaired) electrons. The van der Waals surface area contributed by atoms with Crippen molar-refractivity contribution in [2.75, 3.05) is 19.8 Å². The van der Waals surface area contributed by atoms with E-state index in [1.165, 1.54) is 0 Å². The van der Waals surface area contributed by atoms with Crippen molar-refractivity contribution in [1.29, 1.82) is 0 Å². The van der Waals surface area contributed by atoms with Crippen molar-refractivity contribution in [3.05, 3.63) is 23.8 Å². The quantitative estimate of drug-likeness (QED) is 0.869. The van der Waals surface area contributed by atoms with Crippen LogP contribution in [0.15, 0.2) is 18.2 Å². The second kappa shape index (κ2) is 6.80. The van der Waals surface area contributed by atoms with Crippen molar-refractivity contribution in [2.45, 2.75) is 26.8 Å². The van der Waals surface area contributed by atoms with Gasteiger partial charge in [-0.15, -0.1) is 0 Å². The molecule has 3 N–H and O–H groups in total. The molecule has 5 heteroatoms. The predicted octanol–water partition coefficient (Wildman–Crippen LogP) is 1.87. The van der Waals surface area contributed by atoms with Gasteiger partial charge in [0.25, 0.3) is 0 Å². The maximum absolute atomic E-state index is 12.2. The van der Waals surface area contributed by atoms with Crippen LogP contribution >= 0.6 is 0 Å². The number of nitrogens with two attached hydrogens (primary N) is 1. The van der Waals surface area contributed by atoms with Crippen LogP contribution in [-0.2, 0) is 4.79 Å². The first-order valence-corrected chi connectivity index (χ1v) is 7.43. The molecule has 1 heterocycles. The van der Waals surface area contributed by atoms with Crippen molar-refractivity contribution in [1.82, 2.24) is 5.32 Å². The summed E-state index contributed by atoms with van der Waals surface area (Å²) in [4.78, 5) is 12.2.